The van der Waals surface area contributed by atoms with Crippen molar-refractivity contribution in [3.63, 3.8) is 0 Å². The number of ether oxygens (including phenoxy) is 1. The van der Waals surface area contributed by atoms with Crippen LogP contribution in [-0.4, -0.2) is 39.0 Å². The van der Waals surface area contributed by atoms with E-state index in [1.807, 2.05) is 0 Å². The van der Waals surface area contributed by atoms with Gasteiger partial charge in [-0.2, -0.15) is 4.98 Å². The molecule has 1 fully saturated rings. The van der Waals surface area contributed by atoms with Gasteiger partial charge in [0.25, 0.3) is 0 Å². The lowest BCUT2D eigenvalue weighted by atomic mass is 10.3. The third kappa shape index (κ3) is 3.62. The van der Waals surface area contributed by atoms with Crippen LogP contribution in [0.3, 0.4) is 0 Å². The van der Waals surface area contributed by atoms with Gasteiger partial charge in [-0.15, -0.1) is 0 Å². The van der Waals surface area contributed by atoms with Gasteiger partial charge in [0.15, 0.2) is 0 Å². The standard InChI is InChI=1S/C8H12N3O5P.H2O/c9-7-1-2-11(8(12)10-7)3-6-4-16-17(13,14)5-15-6;/h1-2,6H,3-5H2,(H,13,14)(H2,9,10,12);1H2/t6-;/m1./s1. The molecule has 102 valence electrons. The molecule has 1 aliphatic heterocycles. The van der Waals surface area contributed by atoms with E-state index in [-0.39, 0.29) is 30.8 Å². The maximum atomic E-state index is 11.4. The van der Waals surface area contributed by atoms with E-state index in [0.29, 0.717) is 0 Å². The van der Waals surface area contributed by atoms with Crippen LogP contribution in [-0.2, 0) is 20.4 Å². The van der Waals surface area contributed by atoms with Gasteiger partial charge in [0.1, 0.15) is 18.3 Å². The zero-order chi connectivity index (χ0) is 12.5. The fraction of sp³-hybridized carbons (Fsp3) is 0.500. The molecule has 1 unspecified atom stereocenters. The number of anilines is 1. The van der Waals surface area contributed by atoms with Crippen molar-refractivity contribution in [1.82, 2.24) is 9.55 Å². The number of hydrogen-bond acceptors (Lipinski definition) is 6. The number of hydrogen-bond donors (Lipinski definition) is 2. The number of rotatable bonds is 2. The highest BCUT2D eigenvalue weighted by Crippen LogP contribution is 2.44. The summed E-state index contributed by atoms with van der Waals surface area (Å²) in [6.07, 6.45) is 0.669. The molecule has 0 aliphatic carbocycles. The summed E-state index contributed by atoms with van der Waals surface area (Å²) in [7, 11) is -3.59. The van der Waals surface area contributed by atoms with Crippen LogP contribution in [0.1, 0.15) is 0 Å². The van der Waals surface area contributed by atoms with Crippen LogP contribution >= 0.6 is 7.60 Å². The second kappa shape index (κ2) is 5.59. The van der Waals surface area contributed by atoms with Crippen LogP contribution in [0.5, 0.6) is 0 Å². The van der Waals surface area contributed by atoms with Crippen LogP contribution in [0.4, 0.5) is 5.82 Å². The Labute approximate surface area is 102 Å². The molecular formula is C8H14N3O6P. The summed E-state index contributed by atoms with van der Waals surface area (Å²) in [4.78, 5) is 24.0. The Morgan fingerprint density at radius 1 is 1.67 bits per heavy atom. The Bertz CT molecular complexity index is 506. The summed E-state index contributed by atoms with van der Waals surface area (Å²) in [6, 6.07) is 1.49. The molecule has 0 saturated carbocycles. The zero-order valence-corrected chi connectivity index (χ0v) is 10.2. The summed E-state index contributed by atoms with van der Waals surface area (Å²) < 4.78 is 22.2. The second-order valence-corrected chi connectivity index (χ2v) is 5.43. The minimum atomic E-state index is -3.59. The molecule has 1 saturated heterocycles. The molecule has 0 aromatic carbocycles. The summed E-state index contributed by atoms with van der Waals surface area (Å²) in [5, 5.41) is 0. The van der Waals surface area contributed by atoms with Crippen LogP contribution in [0.2, 0.25) is 0 Å². The smallest absolute Gasteiger partial charge is 0.353 e. The topological polar surface area (TPSA) is 148 Å². The van der Waals surface area contributed by atoms with Gasteiger partial charge in [0.2, 0.25) is 0 Å². The van der Waals surface area contributed by atoms with Crippen molar-refractivity contribution >= 4 is 13.4 Å². The van der Waals surface area contributed by atoms with E-state index in [1.165, 1.54) is 16.8 Å². The van der Waals surface area contributed by atoms with Crippen molar-refractivity contribution in [3.8, 4) is 0 Å². The summed E-state index contributed by atoms with van der Waals surface area (Å²) in [5.74, 6) is 0.145. The molecule has 10 heteroatoms. The van der Waals surface area contributed by atoms with Crippen LogP contribution in [0.25, 0.3) is 0 Å². The first-order valence-corrected chi connectivity index (χ1v) is 6.63. The maximum Gasteiger partial charge on any atom is 0.353 e. The van der Waals surface area contributed by atoms with Gasteiger partial charge in [-0.05, 0) is 6.07 Å². The lowest BCUT2D eigenvalue weighted by Crippen LogP contribution is -2.34. The highest BCUT2D eigenvalue weighted by molar-refractivity contribution is 7.52. The first kappa shape index (κ1) is 14.8. The minimum absolute atomic E-state index is 0. The monoisotopic (exact) mass is 279 g/mol. The predicted octanol–water partition coefficient (Wildman–Crippen LogP) is -1.44. The van der Waals surface area contributed by atoms with Crippen LogP contribution in [0.15, 0.2) is 17.1 Å². The normalized spacial score (nSPS) is 27.5. The number of nitrogens with zero attached hydrogens (tertiary/aromatic N) is 2. The lowest BCUT2D eigenvalue weighted by molar-refractivity contribution is -0.00859. The molecule has 1 aromatic heterocycles. The Hall–Kier alpha value is -1.25. The molecule has 1 aliphatic rings. The van der Waals surface area contributed by atoms with E-state index in [9.17, 15) is 9.36 Å². The van der Waals surface area contributed by atoms with E-state index >= 15 is 0 Å². The molecule has 2 heterocycles. The van der Waals surface area contributed by atoms with Crippen molar-refractivity contribution in [2.75, 3.05) is 18.7 Å². The average molecular weight is 279 g/mol. The van der Waals surface area contributed by atoms with E-state index in [1.54, 1.807) is 0 Å². The van der Waals surface area contributed by atoms with Gasteiger partial charge >= 0.3 is 13.3 Å². The molecule has 0 amide bonds. The zero-order valence-electron chi connectivity index (χ0n) is 9.35. The molecule has 18 heavy (non-hydrogen) atoms. The lowest BCUT2D eigenvalue weighted by Gasteiger charge is -2.26. The molecule has 2 atom stereocenters. The average Bonchev–Trinajstić information content (AvgIpc) is 2.25. The Balaban J connectivity index is 0.00000162. The molecular weight excluding hydrogens is 265 g/mol. The molecule has 0 bridgehead atoms. The Morgan fingerprint density at radius 2 is 2.39 bits per heavy atom. The van der Waals surface area contributed by atoms with Gasteiger partial charge in [0.05, 0.1) is 13.2 Å². The van der Waals surface area contributed by atoms with Crippen molar-refractivity contribution in [1.29, 1.82) is 0 Å². The fourth-order valence-corrected chi connectivity index (χ4v) is 2.26. The number of nitrogens with two attached hydrogens (primary N) is 1. The Kier molecular flexibility index (Phi) is 4.60. The van der Waals surface area contributed by atoms with E-state index in [4.69, 9.17) is 19.9 Å². The predicted molar refractivity (Wildman–Crippen MR) is 62.0 cm³/mol. The first-order valence-electron chi connectivity index (χ1n) is 4.87. The maximum absolute atomic E-state index is 11.4. The van der Waals surface area contributed by atoms with Gasteiger partial charge in [-0.25, -0.2) is 4.79 Å². The van der Waals surface area contributed by atoms with Crippen molar-refractivity contribution in [2.24, 2.45) is 0 Å². The third-order valence-corrected chi connectivity index (χ3v) is 3.26. The quantitative estimate of drug-likeness (QED) is 0.629. The Morgan fingerprint density at radius 3 is 2.94 bits per heavy atom. The molecule has 0 spiro atoms. The van der Waals surface area contributed by atoms with E-state index in [0.717, 1.165) is 0 Å². The summed E-state index contributed by atoms with van der Waals surface area (Å²) in [6.45, 7) is 0.163. The summed E-state index contributed by atoms with van der Waals surface area (Å²) >= 11 is 0. The van der Waals surface area contributed by atoms with Crippen LogP contribution in [0, 0.1) is 0 Å². The van der Waals surface area contributed by atoms with Crippen molar-refractivity contribution in [2.45, 2.75) is 12.6 Å². The molecule has 0 radical (unpaired) electrons. The molecule has 1 aromatic rings. The fourth-order valence-electron chi connectivity index (χ4n) is 1.39. The molecule has 2 rings (SSSR count). The van der Waals surface area contributed by atoms with Gasteiger partial charge in [-0.3, -0.25) is 9.13 Å². The largest absolute Gasteiger partial charge is 0.412 e. The van der Waals surface area contributed by atoms with Gasteiger partial charge in [-0.1, -0.05) is 0 Å². The van der Waals surface area contributed by atoms with E-state index < -0.39 is 19.4 Å². The first-order chi connectivity index (χ1) is 7.96. The molecule has 9 nitrogen and oxygen atoms in total. The van der Waals surface area contributed by atoms with Crippen LogP contribution < -0.4 is 11.4 Å². The third-order valence-electron chi connectivity index (χ3n) is 2.23. The summed E-state index contributed by atoms with van der Waals surface area (Å²) in [5.41, 5.74) is 4.85. The van der Waals surface area contributed by atoms with Gasteiger partial charge < -0.3 is 25.4 Å². The SMILES string of the molecule is Nc1ccn(C[C@@H]2COP(=O)(O)CO2)c(=O)n1.O. The van der Waals surface area contributed by atoms with Crippen molar-refractivity contribution in [3.05, 3.63) is 22.7 Å². The highest BCUT2D eigenvalue weighted by Gasteiger charge is 2.29. The van der Waals surface area contributed by atoms with Crippen molar-refractivity contribution < 1.29 is 24.2 Å². The highest BCUT2D eigenvalue weighted by atomic mass is 31.2. The molecule has 5 N–H and O–H groups in total. The second-order valence-electron chi connectivity index (χ2n) is 3.64. The number of aromatic nitrogens is 2. The number of nitrogen functional groups attached to an aromatic ring is 1. The van der Waals surface area contributed by atoms with Gasteiger partial charge in [0, 0.05) is 6.20 Å². The minimum Gasteiger partial charge on any atom is -0.412 e. The van der Waals surface area contributed by atoms with E-state index in [2.05, 4.69) is 4.98 Å².